The van der Waals surface area contributed by atoms with Gasteiger partial charge in [0.2, 0.25) is 5.91 Å². The topological polar surface area (TPSA) is 76.7 Å². The predicted octanol–water partition coefficient (Wildman–Crippen LogP) is 0.350. The van der Waals surface area contributed by atoms with Crippen LogP contribution < -0.4 is 10.6 Å². The molecule has 0 radical (unpaired) electrons. The van der Waals surface area contributed by atoms with Gasteiger partial charge in [-0.25, -0.2) is 0 Å². The number of hydrogen-bond acceptors (Lipinski definition) is 5. The van der Waals surface area contributed by atoms with Crippen LogP contribution in [0.5, 0.6) is 0 Å². The molecule has 7 heteroatoms. The van der Waals surface area contributed by atoms with Gasteiger partial charge in [-0.2, -0.15) is 0 Å². The molecule has 0 aromatic carbocycles. The van der Waals surface area contributed by atoms with E-state index >= 15 is 0 Å². The van der Waals surface area contributed by atoms with Crippen molar-refractivity contribution >= 4 is 24.3 Å². The van der Waals surface area contributed by atoms with E-state index in [0.29, 0.717) is 13.2 Å². The summed E-state index contributed by atoms with van der Waals surface area (Å²) in [5.41, 5.74) is -0.476. The Morgan fingerprint density at radius 3 is 2.40 bits per heavy atom. The molecule has 1 aliphatic heterocycles. The molecule has 1 amide bonds. The third-order valence-corrected chi connectivity index (χ3v) is 3.64. The highest BCUT2D eigenvalue weighted by molar-refractivity contribution is 5.85. The van der Waals surface area contributed by atoms with Crippen molar-refractivity contribution in [3.63, 3.8) is 0 Å². The SMILES string of the molecule is COCC1(C(=O)NCC(C)C(=O)OC)CCNCC1.Cl. The summed E-state index contributed by atoms with van der Waals surface area (Å²) in [6.45, 7) is 4.06. The van der Waals surface area contributed by atoms with Gasteiger partial charge >= 0.3 is 5.97 Å². The van der Waals surface area contributed by atoms with Gasteiger partial charge < -0.3 is 20.1 Å². The van der Waals surface area contributed by atoms with Gasteiger partial charge in [-0.1, -0.05) is 6.92 Å². The average Bonchev–Trinajstić information content (AvgIpc) is 2.44. The van der Waals surface area contributed by atoms with E-state index in [-0.39, 0.29) is 30.2 Å². The molecule has 0 aromatic heterocycles. The number of esters is 1. The lowest BCUT2D eigenvalue weighted by Crippen LogP contribution is -2.51. The van der Waals surface area contributed by atoms with E-state index in [1.54, 1.807) is 14.0 Å². The number of carbonyl (C=O) groups is 2. The van der Waals surface area contributed by atoms with Crippen LogP contribution in [0.2, 0.25) is 0 Å². The summed E-state index contributed by atoms with van der Waals surface area (Å²) in [7, 11) is 2.95. The van der Waals surface area contributed by atoms with Crippen molar-refractivity contribution < 1.29 is 19.1 Å². The molecule has 1 fully saturated rings. The minimum atomic E-state index is -0.476. The van der Waals surface area contributed by atoms with E-state index in [2.05, 4.69) is 15.4 Å². The van der Waals surface area contributed by atoms with Crippen molar-refractivity contribution in [1.29, 1.82) is 0 Å². The molecular formula is C13H25ClN2O4. The standard InChI is InChI=1S/C13H24N2O4.ClH/c1-10(11(16)19-3)8-15-12(17)13(9-18-2)4-6-14-7-5-13;/h10,14H,4-9H2,1-3H3,(H,15,17);1H. The van der Waals surface area contributed by atoms with Crippen LogP contribution in [0, 0.1) is 11.3 Å². The number of halogens is 1. The number of hydrogen-bond donors (Lipinski definition) is 2. The normalized spacial score (nSPS) is 18.6. The smallest absolute Gasteiger partial charge is 0.310 e. The minimum absolute atomic E-state index is 0. The van der Waals surface area contributed by atoms with Crippen molar-refractivity contribution in [3.8, 4) is 0 Å². The van der Waals surface area contributed by atoms with Crippen molar-refractivity contribution in [2.24, 2.45) is 11.3 Å². The summed E-state index contributed by atoms with van der Waals surface area (Å²) in [5.74, 6) is -0.687. The summed E-state index contributed by atoms with van der Waals surface area (Å²) in [4.78, 5) is 23.7. The Kier molecular flexibility index (Phi) is 8.76. The highest BCUT2D eigenvalue weighted by atomic mass is 35.5. The quantitative estimate of drug-likeness (QED) is 0.693. The van der Waals surface area contributed by atoms with E-state index in [1.165, 1.54) is 7.11 Å². The molecule has 0 saturated carbocycles. The second-order valence-corrected chi connectivity index (χ2v) is 5.10. The number of amides is 1. The summed E-state index contributed by atoms with van der Waals surface area (Å²) < 4.78 is 9.84. The fourth-order valence-corrected chi connectivity index (χ4v) is 2.34. The zero-order chi connectivity index (χ0) is 14.3. The number of methoxy groups -OCH3 is 2. The van der Waals surface area contributed by atoms with Crippen LogP contribution in [0.1, 0.15) is 19.8 Å². The molecule has 1 heterocycles. The van der Waals surface area contributed by atoms with Gasteiger partial charge in [0.1, 0.15) is 0 Å². The van der Waals surface area contributed by atoms with E-state index in [9.17, 15) is 9.59 Å². The van der Waals surface area contributed by atoms with Gasteiger partial charge in [0, 0.05) is 13.7 Å². The van der Waals surface area contributed by atoms with Crippen molar-refractivity contribution in [1.82, 2.24) is 10.6 Å². The third-order valence-electron chi connectivity index (χ3n) is 3.64. The zero-order valence-corrected chi connectivity index (χ0v) is 13.2. The molecular weight excluding hydrogens is 284 g/mol. The van der Waals surface area contributed by atoms with Crippen LogP contribution in [0.3, 0.4) is 0 Å². The molecule has 1 saturated heterocycles. The summed E-state index contributed by atoms with van der Waals surface area (Å²) in [6, 6.07) is 0. The summed E-state index contributed by atoms with van der Waals surface area (Å²) >= 11 is 0. The summed E-state index contributed by atoms with van der Waals surface area (Å²) in [6.07, 6.45) is 1.50. The van der Waals surface area contributed by atoms with Gasteiger partial charge in [-0.3, -0.25) is 9.59 Å². The molecule has 0 spiro atoms. The Labute approximate surface area is 126 Å². The van der Waals surface area contributed by atoms with Crippen LogP contribution in [-0.4, -0.2) is 52.3 Å². The van der Waals surface area contributed by atoms with Crippen molar-refractivity contribution in [2.45, 2.75) is 19.8 Å². The Morgan fingerprint density at radius 2 is 1.90 bits per heavy atom. The monoisotopic (exact) mass is 308 g/mol. The highest BCUT2D eigenvalue weighted by Gasteiger charge is 2.39. The Bertz CT molecular complexity index is 314. The predicted molar refractivity (Wildman–Crippen MR) is 77.9 cm³/mol. The maximum atomic E-state index is 12.4. The molecule has 118 valence electrons. The first-order chi connectivity index (χ1) is 9.05. The average molecular weight is 309 g/mol. The lowest BCUT2D eigenvalue weighted by Gasteiger charge is -2.35. The molecule has 6 nitrogen and oxygen atoms in total. The molecule has 1 aliphatic rings. The lowest BCUT2D eigenvalue weighted by molar-refractivity contribution is -0.145. The van der Waals surface area contributed by atoms with E-state index < -0.39 is 5.41 Å². The zero-order valence-electron chi connectivity index (χ0n) is 12.4. The van der Waals surface area contributed by atoms with Crippen molar-refractivity contribution in [3.05, 3.63) is 0 Å². The maximum absolute atomic E-state index is 12.4. The third kappa shape index (κ3) is 4.92. The fraction of sp³-hybridized carbons (Fsp3) is 0.846. The molecule has 1 rings (SSSR count). The number of piperidine rings is 1. The van der Waals surface area contributed by atoms with Crippen LogP contribution in [0.15, 0.2) is 0 Å². The Balaban J connectivity index is 0.00000361. The fourth-order valence-electron chi connectivity index (χ4n) is 2.34. The number of nitrogens with one attached hydrogen (secondary N) is 2. The molecule has 20 heavy (non-hydrogen) atoms. The van der Waals surface area contributed by atoms with Gasteiger partial charge in [0.25, 0.3) is 0 Å². The van der Waals surface area contributed by atoms with Gasteiger partial charge in [-0.15, -0.1) is 12.4 Å². The molecule has 2 N–H and O–H groups in total. The number of ether oxygens (including phenoxy) is 2. The number of carbonyl (C=O) groups excluding carboxylic acids is 2. The highest BCUT2D eigenvalue weighted by Crippen LogP contribution is 2.29. The van der Waals surface area contributed by atoms with Crippen LogP contribution >= 0.6 is 12.4 Å². The second-order valence-electron chi connectivity index (χ2n) is 5.10. The Morgan fingerprint density at radius 1 is 1.30 bits per heavy atom. The van der Waals surface area contributed by atoms with Crippen LogP contribution in [0.4, 0.5) is 0 Å². The molecule has 1 unspecified atom stereocenters. The lowest BCUT2D eigenvalue weighted by atomic mass is 9.78. The van der Waals surface area contributed by atoms with Crippen molar-refractivity contribution in [2.75, 3.05) is 40.5 Å². The molecule has 0 aromatic rings. The largest absolute Gasteiger partial charge is 0.469 e. The maximum Gasteiger partial charge on any atom is 0.310 e. The van der Waals surface area contributed by atoms with E-state index in [0.717, 1.165) is 25.9 Å². The second kappa shape index (κ2) is 9.15. The number of rotatable bonds is 6. The van der Waals surface area contributed by atoms with E-state index in [1.807, 2.05) is 0 Å². The first-order valence-electron chi connectivity index (χ1n) is 6.61. The molecule has 0 aliphatic carbocycles. The van der Waals surface area contributed by atoms with Gasteiger partial charge in [0.05, 0.1) is 25.0 Å². The summed E-state index contributed by atoms with van der Waals surface area (Å²) in [5, 5.41) is 6.08. The first-order valence-corrected chi connectivity index (χ1v) is 6.61. The molecule has 1 atom stereocenters. The van der Waals surface area contributed by atoms with Crippen LogP contribution in [0.25, 0.3) is 0 Å². The van der Waals surface area contributed by atoms with Crippen LogP contribution in [-0.2, 0) is 19.1 Å². The first kappa shape index (κ1) is 19.1. The van der Waals surface area contributed by atoms with Gasteiger partial charge in [-0.05, 0) is 25.9 Å². The van der Waals surface area contributed by atoms with Gasteiger partial charge in [0.15, 0.2) is 0 Å². The van der Waals surface area contributed by atoms with E-state index in [4.69, 9.17) is 4.74 Å². The molecule has 0 bridgehead atoms. The Hall–Kier alpha value is -0.850. The minimum Gasteiger partial charge on any atom is -0.469 e.